The first-order valence-corrected chi connectivity index (χ1v) is 8.19. The zero-order valence-electron chi connectivity index (χ0n) is 10.5. The molecule has 102 valence electrons. The first-order chi connectivity index (χ1) is 9.13. The van der Waals surface area contributed by atoms with Crippen molar-refractivity contribution >= 4 is 27.0 Å². The van der Waals surface area contributed by atoms with Crippen molar-refractivity contribution in [2.45, 2.75) is 18.4 Å². The summed E-state index contributed by atoms with van der Waals surface area (Å²) in [5.74, 6) is 0. The molecule has 0 aromatic carbocycles. The average Bonchev–Trinajstić information content (AvgIpc) is 2.86. The van der Waals surface area contributed by atoms with Crippen LogP contribution in [-0.4, -0.2) is 19.9 Å². The Bertz CT molecular complexity index is 623. The molecule has 0 atom stereocenters. The molecule has 2 aromatic heterocycles. The summed E-state index contributed by atoms with van der Waals surface area (Å²) in [6, 6.07) is 4.97. The fraction of sp³-hybridized carbons (Fsp3) is 0.250. The quantitative estimate of drug-likeness (QED) is 0.856. The Hall–Kier alpha value is -1.44. The fourth-order valence-electron chi connectivity index (χ4n) is 1.57. The van der Waals surface area contributed by atoms with Crippen molar-refractivity contribution in [1.82, 2.24) is 10.3 Å². The number of pyridine rings is 1. The number of nitrogens with one attached hydrogen (secondary N) is 2. The number of hydrogen-bond donors (Lipinski definition) is 2. The van der Waals surface area contributed by atoms with Crippen molar-refractivity contribution in [3.05, 3.63) is 40.8 Å². The highest BCUT2D eigenvalue weighted by molar-refractivity contribution is 7.93. The van der Waals surface area contributed by atoms with Gasteiger partial charge in [0.2, 0.25) is 0 Å². The van der Waals surface area contributed by atoms with E-state index in [1.807, 2.05) is 6.92 Å². The highest BCUT2D eigenvalue weighted by atomic mass is 32.2. The molecule has 2 rings (SSSR count). The second-order valence-electron chi connectivity index (χ2n) is 3.84. The molecule has 0 aliphatic rings. The number of anilines is 1. The molecule has 2 heterocycles. The fourth-order valence-corrected chi connectivity index (χ4v) is 4.03. The second-order valence-corrected chi connectivity index (χ2v) is 6.49. The maximum absolute atomic E-state index is 12.3. The molecule has 0 aliphatic carbocycles. The number of aromatic nitrogens is 1. The van der Waals surface area contributed by atoms with Crippen LogP contribution in [-0.2, 0) is 16.6 Å². The molecule has 19 heavy (non-hydrogen) atoms. The molecule has 7 heteroatoms. The number of nitrogens with zero attached hydrogens (tertiary/aromatic N) is 1. The van der Waals surface area contributed by atoms with Crippen LogP contribution in [0.3, 0.4) is 0 Å². The molecule has 0 spiro atoms. The van der Waals surface area contributed by atoms with Crippen LogP contribution in [0.25, 0.3) is 0 Å². The van der Waals surface area contributed by atoms with Gasteiger partial charge in [-0.15, -0.1) is 11.3 Å². The summed E-state index contributed by atoms with van der Waals surface area (Å²) in [4.78, 5) is 5.01. The van der Waals surface area contributed by atoms with Gasteiger partial charge in [-0.05, 0) is 30.1 Å². The molecule has 0 radical (unpaired) electrons. The molecular formula is C12H15N3O2S2. The molecule has 2 aromatic rings. The average molecular weight is 297 g/mol. The Morgan fingerprint density at radius 3 is 2.89 bits per heavy atom. The van der Waals surface area contributed by atoms with Gasteiger partial charge in [0.15, 0.2) is 0 Å². The van der Waals surface area contributed by atoms with Crippen LogP contribution in [0.2, 0.25) is 0 Å². The number of thiophene rings is 1. The highest BCUT2D eigenvalue weighted by Crippen LogP contribution is 2.23. The van der Waals surface area contributed by atoms with Crippen molar-refractivity contribution in [2.24, 2.45) is 0 Å². The third-order valence-electron chi connectivity index (χ3n) is 2.44. The number of hydrogen-bond acceptors (Lipinski definition) is 5. The topological polar surface area (TPSA) is 71.1 Å². The Kier molecular flexibility index (Phi) is 4.52. The lowest BCUT2D eigenvalue weighted by Gasteiger charge is -2.08. The Balaban J connectivity index is 2.22. The maximum Gasteiger partial charge on any atom is 0.263 e. The zero-order chi connectivity index (χ0) is 13.7. The van der Waals surface area contributed by atoms with Gasteiger partial charge in [0.25, 0.3) is 10.0 Å². The van der Waals surface area contributed by atoms with Crippen molar-refractivity contribution < 1.29 is 8.42 Å². The van der Waals surface area contributed by atoms with Crippen molar-refractivity contribution in [1.29, 1.82) is 0 Å². The van der Waals surface area contributed by atoms with Gasteiger partial charge in [0.05, 0.1) is 11.9 Å². The minimum atomic E-state index is -3.55. The van der Waals surface area contributed by atoms with Gasteiger partial charge in [-0.2, -0.15) is 0 Å². The monoisotopic (exact) mass is 297 g/mol. The van der Waals surface area contributed by atoms with E-state index in [9.17, 15) is 8.42 Å². The molecule has 0 amide bonds. The standard InChI is InChI=1S/C12H15N3O2S2/c1-2-13-9-11-12(5-7-18-11)19(16,17)15-10-4-3-6-14-8-10/h3-8,13,15H,2,9H2,1H3. The minimum Gasteiger partial charge on any atom is -0.312 e. The van der Waals surface area contributed by atoms with E-state index in [1.54, 1.807) is 29.8 Å². The van der Waals surface area contributed by atoms with Crippen LogP contribution in [0.1, 0.15) is 11.8 Å². The summed E-state index contributed by atoms with van der Waals surface area (Å²) in [6.07, 6.45) is 3.08. The lowest BCUT2D eigenvalue weighted by atomic mass is 10.4. The highest BCUT2D eigenvalue weighted by Gasteiger charge is 2.19. The summed E-state index contributed by atoms with van der Waals surface area (Å²) in [5.41, 5.74) is 0.461. The summed E-state index contributed by atoms with van der Waals surface area (Å²) < 4.78 is 27.1. The van der Waals surface area contributed by atoms with Crippen molar-refractivity contribution in [2.75, 3.05) is 11.3 Å². The molecule has 5 nitrogen and oxygen atoms in total. The number of sulfonamides is 1. The summed E-state index contributed by atoms with van der Waals surface area (Å²) in [5, 5.41) is 4.92. The third-order valence-corrected chi connectivity index (χ3v) is 4.96. The molecular weight excluding hydrogens is 282 g/mol. The van der Waals surface area contributed by atoms with Crippen LogP contribution in [0.5, 0.6) is 0 Å². The van der Waals surface area contributed by atoms with E-state index in [4.69, 9.17) is 0 Å². The first-order valence-electron chi connectivity index (χ1n) is 5.83. The largest absolute Gasteiger partial charge is 0.312 e. The van der Waals surface area contributed by atoms with E-state index in [2.05, 4.69) is 15.0 Å². The Morgan fingerprint density at radius 2 is 2.21 bits per heavy atom. The maximum atomic E-state index is 12.3. The van der Waals surface area contributed by atoms with Crippen LogP contribution < -0.4 is 10.0 Å². The van der Waals surface area contributed by atoms with Crippen LogP contribution in [0, 0.1) is 0 Å². The van der Waals surface area contributed by atoms with E-state index in [0.717, 1.165) is 11.4 Å². The molecule has 2 N–H and O–H groups in total. The van der Waals surface area contributed by atoms with Gasteiger partial charge in [-0.3, -0.25) is 9.71 Å². The molecule has 0 bridgehead atoms. The Morgan fingerprint density at radius 1 is 1.37 bits per heavy atom. The normalized spacial score (nSPS) is 11.4. The zero-order valence-corrected chi connectivity index (χ0v) is 12.1. The van der Waals surface area contributed by atoms with E-state index in [1.165, 1.54) is 17.5 Å². The molecule has 0 fully saturated rings. The van der Waals surface area contributed by atoms with Crippen molar-refractivity contribution in [3.63, 3.8) is 0 Å². The summed E-state index contributed by atoms with van der Waals surface area (Å²) in [6.45, 7) is 3.33. The Labute approximate surface area is 116 Å². The van der Waals surface area contributed by atoms with Crippen LogP contribution in [0.15, 0.2) is 40.9 Å². The minimum absolute atomic E-state index is 0.322. The van der Waals surface area contributed by atoms with Gasteiger partial charge in [0, 0.05) is 17.6 Å². The van der Waals surface area contributed by atoms with E-state index < -0.39 is 10.0 Å². The van der Waals surface area contributed by atoms with E-state index in [0.29, 0.717) is 17.1 Å². The summed E-state index contributed by atoms with van der Waals surface area (Å²) >= 11 is 1.43. The smallest absolute Gasteiger partial charge is 0.263 e. The second kappa shape index (κ2) is 6.14. The molecule has 0 unspecified atom stereocenters. The van der Waals surface area contributed by atoms with Gasteiger partial charge >= 0.3 is 0 Å². The van der Waals surface area contributed by atoms with Crippen LogP contribution in [0.4, 0.5) is 5.69 Å². The lowest BCUT2D eigenvalue weighted by molar-refractivity contribution is 0.599. The molecule has 0 saturated heterocycles. The predicted octanol–water partition coefficient (Wildman–Crippen LogP) is 2.05. The van der Waals surface area contributed by atoms with E-state index >= 15 is 0 Å². The van der Waals surface area contributed by atoms with Gasteiger partial charge in [-0.25, -0.2) is 8.42 Å². The van der Waals surface area contributed by atoms with Gasteiger partial charge in [-0.1, -0.05) is 6.92 Å². The molecule has 0 saturated carbocycles. The predicted molar refractivity (Wildman–Crippen MR) is 76.7 cm³/mol. The van der Waals surface area contributed by atoms with Gasteiger partial charge < -0.3 is 5.32 Å². The lowest BCUT2D eigenvalue weighted by Crippen LogP contribution is -2.17. The summed E-state index contributed by atoms with van der Waals surface area (Å²) in [7, 11) is -3.55. The van der Waals surface area contributed by atoms with E-state index in [-0.39, 0.29) is 0 Å². The van der Waals surface area contributed by atoms with Crippen molar-refractivity contribution in [3.8, 4) is 0 Å². The SMILES string of the molecule is CCNCc1sccc1S(=O)(=O)Nc1cccnc1. The molecule has 0 aliphatic heterocycles. The first kappa shape index (κ1) is 14.0. The van der Waals surface area contributed by atoms with Gasteiger partial charge in [0.1, 0.15) is 4.90 Å². The number of rotatable bonds is 6. The van der Waals surface area contributed by atoms with Crippen LogP contribution >= 0.6 is 11.3 Å². The third kappa shape index (κ3) is 3.52.